The molecule has 4 aromatic rings. The number of carbonyl (C=O) groups is 3. The predicted molar refractivity (Wildman–Crippen MR) is 188 cm³/mol. The smallest absolute Gasteiger partial charge is 0.323 e. The Hall–Kier alpha value is -4.74. The molecule has 48 heavy (non-hydrogen) atoms. The van der Waals surface area contributed by atoms with E-state index >= 15 is 0 Å². The number of nitrogens with two attached hydrogens (primary N) is 1. The first-order chi connectivity index (χ1) is 23.2. The minimum absolute atomic E-state index is 0.0491. The van der Waals surface area contributed by atoms with Gasteiger partial charge in [0, 0.05) is 29.6 Å². The molecular weight excluding hydrogens is 606 g/mol. The van der Waals surface area contributed by atoms with E-state index in [1.165, 1.54) is 0 Å². The molecule has 6 rings (SSSR count). The van der Waals surface area contributed by atoms with Crippen molar-refractivity contribution in [1.82, 2.24) is 25.9 Å². The largest absolute Gasteiger partial charge is 0.349 e. The lowest BCUT2D eigenvalue weighted by molar-refractivity contribution is -0.130. The number of hydrogen-bond acceptors (Lipinski definition) is 6. The van der Waals surface area contributed by atoms with Gasteiger partial charge in [-0.25, -0.2) is 4.79 Å². The van der Waals surface area contributed by atoms with Crippen LogP contribution in [0.3, 0.4) is 0 Å². The van der Waals surface area contributed by atoms with Crippen LogP contribution in [0, 0.1) is 18.8 Å². The van der Waals surface area contributed by atoms with Crippen LogP contribution in [0.25, 0.3) is 22.2 Å². The molecule has 252 valence electrons. The number of piperidine rings is 1. The third-order valence-electron chi connectivity index (χ3n) is 9.84. The van der Waals surface area contributed by atoms with Crippen molar-refractivity contribution in [3.63, 3.8) is 0 Å². The van der Waals surface area contributed by atoms with E-state index in [1.54, 1.807) is 18.2 Å². The third-order valence-corrected chi connectivity index (χ3v) is 9.84. The van der Waals surface area contributed by atoms with Gasteiger partial charge in [0.1, 0.15) is 6.04 Å². The summed E-state index contributed by atoms with van der Waals surface area (Å²) < 4.78 is 0. The maximum absolute atomic E-state index is 13.7. The fourth-order valence-corrected chi connectivity index (χ4v) is 6.92. The summed E-state index contributed by atoms with van der Waals surface area (Å²) >= 11 is 0. The third kappa shape index (κ3) is 8.03. The average molecular weight is 652 g/mol. The second kappa shape index (κ2) is 15.0. The molecule has 3 amide bonds. The number of amides is 3. The number of H-pyrrole nitrogens is 2. The van der Waals surface area contributed by atoms with E-state index in [0.717, 1.165) is 73.9 Å². The van der Waals surface area contributed by atoms with E-state index in [4.69, 9.17) is 5.73 Å². The Morgan fingerprint density at radius 3 is 2.31 bits per heavy atom. The highest BCUT2D eigenvalue weighted by Gasteiger charge is 2.29. The number of aromatic amines is 2. The zero-order valence-corrected chi connectivity index (χ0v) is 27.4. The standard InChI is InChI=1S/C37H45N7O4/c1-22-18-27(35(46)40-28-14-16-39-17-15-28)10-12-30(22)25-6-2-23(3-7-25)19-33(42-34(45)26-8-4-24(21-38)5-9-26)36(47)41-29-11-13-31-32(20-29)44-37(48)43-31/h2-3,6-7,10-13,18,20,24,26,28,33,39H,4-5,8-9,14-17,19,21,38H2,1H3,(H,40,46)(H,41,47)(H,42,45)(H2,43,44,48). The summed E-state index contributed by atoms with van der Waals surface area (Å²) in [5.41, 5.74) is 11.8. The molecule has 3 aromatic carbocycles. The number of hydrogen-bond donors (Lipinski definition) is 7. The van der Waals surface area contributed by atoms with Crippen LogP contribution in [0.4, 0.5) is 5.69 Å². The van der Waals surface area contributed by atoms with Crippen molar-refractivity contribution in [1.29, 1.82) is 0 Å². The maximum atomic E-state index is 13.7. The molecule has 0 radical (unpaired) electrons. The van der Waals surface area contributed by atoms with Crippen molar-refractivity contribution in [2.45, 2.75) is 64.0 Å². The number of imidazole rings is 1. The van der Waals surface area contributed by atoms with Gasteiger partial charge >= 0.3 is 5.69 Å². The molecule has 1 saturated heterocycles. The lowest BCUT2D eigenvalue weighted by atomic mass is 9.81. The Labute approximate surface area is 279 Å². The van der Waals surface area contributed by atoms with Crippen LogP contribution in [0.2, 0.25) is 0 Å². The Morgan fingerprint density at radius 2 is 1.60 bits per heavy atom. The topological polar surface area (TPSA) is 174 Å². The predicted octanol–water partition coefficient (Wildman–Crippen LogP) is 3.74. The number of anilines is 1. The second-order valence-corrected chi connectivity index (χ2v) is 13.3. The molecule has 1 aliphatic heterocycles. The molecule has 0 bridgehead atoms. The molecule has 2 heterocycles. The summed E-state index contributed by atoms with van der Waals surface area (Å²) in [5.74, 6) is -0.216. The van der Waals surface area contributed by atoms with Gasteiger partial charge in [0.25, 0.3) is 5.91 Å². The van der Waals surface area contributed by atoms with Gasteiger partial charge < -0.3 is 37.0 Å². The number of benzene rings is 3. The lowest BCUT2D eigenvalue weighted by Crippen LogP contribution is -2.48. The maximum Gasteiger partial charge on any atom is 0.323 e. The summed E-state index contributed by atoms with van der Waals surface area (Å²) in [7, 11) is 0. The van der Waals surface area contributed by atoms with Crippen molar-refractivity contribution in [3.8, 4) is 11.1 Å². The Balaban J connectivity index is 1.15. The highest BCUT2D eigenvalue weighted by atomic mass is 16.2. The van der Waals surface area contributed by atoms with Crippen molar-refractivity contribution in [3.05, 3.63) is 87.8 Å². The van der Waals surface area contributed by atoms with Crippen molar-refractivity contribution in [2.24, 2.45) is 17.6 Å². The first-order valence-electron chi connectivity index (χ1n) is 17.0. The Morgan fingerprint density at radius 1 is 0.875 bits per heavy atom. The second-order valence-electron chi connectivity index (χ2n) is 13.3. The average Bonchev–Trinajstić information content (AvgIpc) is 3.48. The molecule has 1 atom stereocenters. The molecule has 11 heteroatoms. The molecular formula is C37H45N7O4. The monoisotopic (exact) mass is 651 g/mol. The minimum atomic E-state index is -0.809. The van der Waals surface area contributed by atoms with Gasteiger partial charge in [-0.15, -0.1) is 0 Å². The van der Waals surface area contributed by atoms with Gasteiger partial charge in [0.05, 0.1) is 11.0 Å². The fraction of sp³-hybridized carbons (Fsp3) is 0.405. The van der Waals surface area contributed by atoms with Crippen molar-refractivity contribution >= 4 is 34.4 Å². The van der Waals surface area contributed by atoms with Gasteiger partial charge in [0.15, 0.2) is 0 Å². The lowest BCUT2D eigenvalue weighted by Gasteiger charge is -2.28. The molecule has 1 aromatic heterocycles. The van der Waals surface area contributed by atoms with Gasteiger partial charge in [-0.3, -0.25) is 14.4 Å². The number of fused-ring (bicyclic) bond motifs is 1. The molecule has 1 unspecified atom stereocenters. The molecule has 2 aliphatic rings. The highest BCUT2D eigenvalue weighted by Crippen LogP contribution is 2.29. The molecule has 11 nitrogen and oxygen atoms in total. The van der Waals surface area contributed by atoms with E-state index < -0.39 is 6.04 Å². The normalized spacial score (nSPS) is 19.0. The summed E-state index contributed by atoms with van der Waals surface area (Å²) in [4.78, 5) is 57.1. The summed E-state index contributed by atoms with van der Waals surface area (Å²) in [5, 5.41) is 12.4. The van der Waals surface area contributed by atoms with Gasteiger partial charge in [-0.1, -0.05) is 30.3 Å². The number of aromatic nitrogens is 2. The van der Waals surface area contributed by atoms with Crippen LogP contribution < -0.4 is 32.7 Å². The fourth-order valence-electron chi connectivity index (χ4n) is 6.92. The SMILES string of the molecule is Cc1cc(C(=O)NC2CCNCC2)ccc1-c1ccc(CC(NC(=O)C2CCC(CN)CC2)C(=O)Nc2ccc3[nH]c(=O)[nH]c3c2)cc1. The van der Waals surface area contributed by atoms with Crippen LogP contribution in [0.15, 0.2) is 65.5 Å². The Kier molecular flexibility index (Phi) is 10.4. The quantitative estimate of drug-likeness (QED) is 0.138. The van der Waals surface area contributed by atoms with Crippen LogP contribution in [-0.4, -0.2) is 59.4 Å². The van der Waals surface area contributed by atoms with Crippen LogP contribution in [0.1, 0.15) is 60.0 Å². The molecule has 8 N–H and O–H groups in total. The van der Waals surface area contributed by atoms with Crippen molar-refractivity contribution in [2.75, 3.05) is 25.0 Å². The van der Waals surface area contributed by atoms with Crippen LogP contribution >= 0.6 is 0 Å². The molecule has 1 aliphatic carbocycles. The van der Waals surface area contributed by atoms with E-state index in [-0.39, 0.29) is 35.4 Å². The zero-order chi connectivity index (χ0) is 33.6. The summed E-state index contributed by atoms with van der Waals surface area (Å²) in [6.45, 7) is 4.46. The van der Waals surface area contributed by atoms with Gasteiger partial charge in [-0.2, -0.15) is 0 Å². The van der Waals surface area contributed by atoms with E-state index in [2.05, 4.69) is 31.2 Å². The molecule has 1 saturated carbocycles. The summed E-state index contributed by atoms with van der Waals surface area (Å²) in [6.07, 6.45) is 5.49. The minimum Gasteiger partial charge on any atom is -0.349 e. The first kappa shape index (κ1) is 33.2. The number of rotatable bonds is 10. The van der Waals surface area contributed by atoms with Crippen LogP contribution in [-0.2, 0) is 16.0 Å². The van der Waals surface area contributed by atoms with E-state index in [9.17, 15) is 19.2 Å². The molecule has 2 fully saturated rings. The zero-order valence-electron chi connectivity index (χ0n) is 27.4. The first-order valence-corrected chi connectivity index (χ1v) is 17.0. The number of aryl methyl sites for hydroxylation is 1. The van der Waals surface area contributed by atoms with E-state index in [1.807, 2.05) is 49.4 Å². The highest BCUT2D eigenvalue weighted by molar-refractivity contribution is 5.99. The van der Waals surface area contributed by atoms with Crippen LogP contribution in [0.5, 0.6) is 0 Å². The number of carbonyl (C=O) groups excluding carboxylic acids is 3. The Bertz CT molecular complexity index is 1820. The van der Waals surface area contributed by atoms with Gasteiger partial charge in [-0.05, 0) is 124 Å². The van der Waals surface area contributed by atoms with E-state index in [0.29, 0.717) is 41.2 Å². The van der Waals surface area contributed by atoms with Gasteiger partial charge in [0.2, 0.25) is 11.8 Å². The van der Waals surface area contributed by atoms with Crippen molar-refractivity contribution < 1.29 is 14.4 Å². The summed E-state index contributed by atoms with van der Waals surface area (Å²) in [6, 6.07) is 18.3. The number of nitrogens with one attached hydrogen (secondary N) is 6. The molecule has 0 spiro atoms.